The van der Waals surface area contributed by atoms with E-state index >= 15 is 0 Å². The van der Waals surface area contributed by atoms with Gasteiger partial charge in [0, 0.05) is 13.1 Å². The van der Waals surface area contributed by atoms with E-state index in [0.29, 0.717) is 28.2 Å². The fourth-order valence-electron chi connectivity index (χ4n) is 2.68. The first-order valence-electron chi connectivity index (χ1n) is 8.97. The highest BCUT2D eigenvalue weighted by molar-refractivity contribution is 8.01. The fraction of sp³-hybridized carbons (Fsp3) is 0.250. The van der Waals surface area contributed by atoms with E-state index < -0.39 is 5.25 Å². The number of nitrogens with one attached hydrogen (secondary N) is 1. The van der Waals surface area contributed by atoms with Crippen LogP contribution in [0, 0.1) is 5.82 Å². The van der Waals surface area contributed by atoms with Gasteiger partial charge in [-0.15, -0.1) is 10.2 Å². The van der Waals surface area contributed by atoms with Crippen molar-refractivity contribution in [2.75, 3.05) is 18.4 Å². The summed E-state index contributed by atoms with van der Waals surface area (Å²) in [7, 11) is 0. The van der Waals surface area contributed by atoms with Crippen LogP contribution >= 0.6 is 23.1 Å². The van der Waals surface area contributed by atoms with Crippen molar-refractivity contribution in [2.45, 2.75) is 23.4 Å². The van der Waals surface area contributed by atoms with Crippen molar-refractivity contribution >= 4 is 39.8 Å². The quantitative estimate of drug-likeness (QED) is 0.516. The number of thioether (sulfide) groups is 1. The molecule has 3 aromatic rings. The number of hydrogen-bond donors (Lipinski definition) is 1. The lowest BCUT2D eigenvalue weighted by molar-refractivity contribution is -0.130. The number of rotatable bonds is 8. The van der Waals surface area contributed by atoms with E-state index in [2.05, 4.69) is 15.5 Å². The van der Waals surface area contributed by atoms with E-state index in [-0.39, 0.29) is 11.7 Å². The SMILES string of the molecule is CCN(CC)C(=O)C(Sc1nnc(Nc2ccccc2F)s1)c1ccccc1. The lowest BCUT2D eigenvalue weighted by atomic mass is 10.1. The van der Waals surface area contributed by atoms with Crippen molar-refractivity contribution in [1.29, 1.82) is 0 Å². The molecule has 0 aliphatic heterocycles. The van der Waals surface area contributed by atoms with Crippen molar-refractivity contribution in [3.63, 3.8) is 0 Å². The molecule has 146 valence electrons. The summed E-state index contributed by atoms with van der Waals surface area (Å²) in [4.78, 5) is 14.9. The van der Waals surface area contributed by atoms with Crippen LogP contribution in [0.25, 0.3) is 0 Å². The zero-order valence-electron chi connectivity index (χ0n) is 15.6. The monoisotopic (exact) mass is 416 g/mol. The number of anilines is 2. The first-order valence-corrected chi connectivity index (χ1v) is 10.7. The van der Waals surface area contributed by atoms with E-state index in [0.717, 1.165) is 5.56 Å². The van der Waals surface area contributed by atoms with Crippen LogP contribution in [0.2, 0.25) is 0 Å². The Bertz CT molecular complexity index is 915. The van der Waals surface area contributed by atoms with Crippen LogP contribution in [0.4, 0.5) is 15.2 Å². The van der Waals surface area contributed by atoms with E-state index in [1.807, 2.05) is 49.1 Å². The number of halogens is 1. The summed E-state index contributed by atoms with van der Waals surface area (Å²) in [5.41, 5.74) is 1.26. The van der Waals surface area contributed by atoms with Gasteiger partial charge in [-0.25, -0.2) is 4.39 Å². The summed E-state index contributed by atoms with van der Waals surface area (Å²) in [5, 5.41) is 11.3. The van der Waals surface area contributed by atoms with Crippen LogP contribution in [0.1, 0.15) is 24.7 Å². The summed E-state index contributed by atoms with van der Waals surface area (Å²) in [6.45, 7) is 5.23. The molecule has 1 N–H and O–H groups in total. The predicted octanol–water partition coefficient (Wildman–Crippen LogP) is 5.12. The number of nitrogens with zero attached hydrogens (tertiary/aromatic N) is 3. The molecule has 8 heteroatoms. The van der Waals surface area contributed by atoms with Gasteiger partial charge >= 0.3 is 0 Å². The van der Waals surface area contributed by atoms with E-state index in [1.54, 1.807) is 18.2 Å². The largest absolute Gasteiger partial charge is 0.342 e. The summed E-state index contributed by atoms with van der Waals surface area (Å²) < 4.78 is 14.5. The third-order valence-electron chi connectivity index (χ3n) is 4.14. The second-order valence-corrected chi connectivity index (χ2v) is 8.23. The molecule has 1 aromatic heterocycles. The minimum Gasteiger partial charge on any atom is -0.342 e. The van der Waals surface area contributed by atoms with Crippen molar-refractivity contribution in [2.24, 2.45) is 0 Å². The van der Waals surface area contributed by atoms with Gasteiger partial charge in [0.05, 0.1) is 5.69 Å². The van der Waals surface area contributed by atoms with Crippen LogP contribution in [0.5, 0.6) is 0 Å². The highest BCUT2D eigenvalue weighted by Crippen LogP contribution is 2.39. The van der Waals surface area contributed by atoms with Gasteiger partial charge in [0.25, 0.3) is 0 Å². The number of benzene rings is 2. The number of carbonyl (C=O) groups excluding carboxylic acids is 1. The molecule has 0 aliphatic carbocycles. The Hall–Kier alpha value is -2.45. The van der Waals surface area contributed by atoms with Crippen molar-refractivity contribution < 1.29 is 9.18 Å². The first-order chi connectivity index (χ1) is 13.6. The third-order valence-corrected chi connectivity index (χ3v) is 6.31. The molecule has 0 aliphatic rings. The van der Waals surface area contributed by atoms with Gasteiger partial charge in [-0.05, 0) is 31.5 Å². The van der Waals surface area contributed by atoms with Crippen LogP contribution in [0.3, 0.4) is 0 Å². The Labute approximate surface area is 172 Å². The van der Waals surface area contributed by atoms with Crippen LogP contribution in [-0.4, -0.2) is 34.1 Å². The Morgan fingerprint density at radius 1 is 1.11 bits per heavy atom. The molecule has 0 fully saturated rings. The average molecular weight is 417 g/mol. The molecule has 5 nitrogen and oxygen atoms in total. The molecule has 1 unspecified atom stereocenters. The normalized spacial score (nSPS) is 11.8. The minimum atomic E-state index is -0.407. The Balaban J connectivity index is 1.80. The van der Waals surface area contributed by atoms with Gasteiger partial charge < -0.3 is 10.2 Å². The average Bonchev–Trinajstić information content (AvgIpc) is 3.16. The molecule has 0 saturated carbocycles. The van der Waals surface area contributed by atoms with Gasteiger partial charge in [-0.1, -0.05) is 65.6 Å². The molecule has 1 heterocycles. The molecule has 0 radical (unpaired) electrons. The van der Waals surface area contributed by atoms with E-state index in [9.17, 15) is 9.18 Å². The lowest BCUT2D eigenvalue weighted by Gasteiger charge is -2.24. The number of para-hydroxylation sites is 1. The zero-order valence-corrected chi connectivity index (χ0v) is 17.3. The minimum absolute atomic E-state index is 0.0417. The van der Waals surface area contributed by atoms with Gasteiger partial charge in [0.15, 0.2) is 4.34 Å². The molecule has 2 aromatic carbocycles. The summed E-state index contributed by atoms with van der Waals surface area (Å²) in [5.74, 6) is -0.314. The molecule has 0 saturated heterocycles. The maximum Gasteiger partial charge on any atom is 0.240 e. The van der Waals surface area contributed by atoms with Crippen molar-refractivity contribution in [1.82, 2.24) is 15.1 Å². The summed E-state index contributed by atoms with van der Waals surface area (Å²) >= 11 is 2.66. The zero-order chi connectivity index (χ0) is 19.9. The van der Waals surface area contributed by atoms with Crippen molar-refractivity contribution in [3.8, 4) is 0 Å². The number of amides is 1. The summed E-state index contributed by atoms with van der Waals surface area (Å²) in [6.07, 6.45) is 0. The molecule has 1 atom stereocenters. The van der Waals surface area contributed by atoms with E-state index in [1.165, 1.54) is 29.2 Å². The highest BCUT2D eigenvalue weighted by Gasteiger charge is 2.27. The van der Waals surface area contributed by atoms with Crippen LogP contribution < -0.4 is 5.32 Å². The third kappa shape index (κ3) is 4.88. The van der Waals surface area contributed by atoms with Crippen LogP contribution in [0.15, 0.2) is 58.9 Å². The lowest BCUT2D eigenvalue weighted by Crippen LogP contribution is -2.33. The maximum absolute atomic E-state index is 13.8. The Morgan fingerprint density at radius 3 is 2.46 bits per heavy atom. The van der Waals surface area contributed by atoms with Crippen molar-refractivity contribution in [3.05, 3.63) is 66.0 Å². The molecule has 28 heavy (non-hydrogen) atoms. The Kier molecular flexibility index (Phi) is 7.00. The molecular formula is C20H21FN4OS2. The van der Waals surface area contributed by atoms with Gasteiger partial charge in [0.1, 0.15) is 11.1 Å². The van der Waals surface area contributed by atoms with E-state index in [4.69, 9.17) is 0 Å². The molecule has 1 amide bonds. The molecule has 3 rings (SSSR count). The second kappa shape index (κ2) is 9.66. The number of hydrogen-bond acceptors (Lipinski definition) is 6. The maximum atomic E-state index is 13.8. The number of likely N-dealkylation sites (N-methyl/N-ethyl adjacent to an activating group) is 1. The van der Waals surface area contributed by atoms with Gasteiger partial charge in [-0.3, -0.25) is 4.79 Å². The molecule has 0 bridgehead atoms. The molecular weight excluding hydrogens is 395 g/mol. The predicted molar refractivity (Wildman–Crippen MR) is 113 cm³/mol. The van der Waals surface area contributed by atoms with Gasteiger partial charge in [-0.2, -0.15) is 0 Å². The van der Waals surface area contributed by atoms with Gasteiger partial charge in [0.2, 0.25) is 11.0 Å². The number of aromatic nitrogens is 2. The highest BCUT2D eigenvalue weighted by atomic mass is 32.2. The summed E-state index contributed by atoms with van der Waals surface area (Å²) in [6, 6.07) is 16.0. The molecule has 0 spiro atoms. The standard InChI is InChI=1S/C20H21FN4OS2/c1-3-25(4-2)18(26)17(14-10-6-5-7-11-14)27-20-24-23-19(28-20)22-16-13-9-8-12-15(16)21/h5-13,17H,3-4H2,1-2H3,(H,22,23). The Morgan fingerprint density at radius 2 is 1.79 bits per heavy atom. The number of carbonyl (C=O) groups is 1. The topological polar surface area (TPSA) is 58.1 Å². The fourth-order valence-corrected chi connectivity index (χ4v) is 4.72. The second-order valence-electron chi connectivity index (χ2n) is 5.90. The smallest absolute Gasteiger partial charge is 0.240 e. The first kappa shape index (κ1) is 20.3. The van der Waals surface area contributed by atoms with Crippen LogP contribution in [-0.2, 0) is 4.79 Å².